The predicted octanol–water partition coefficient (Wildman–Crippen LogP) is 2.60. The maximum absolute atomic E-state index is 11.8. The van der Waals surface area contributed by atoms with Gasteiger partial charge < -0.3 is 4.74 Å². The lowest BCUT2D eigenvalue weighted by molar-refractivity contribution is -0.122. The topological polar surface area (TPSA) is 26.3 Å². The molecule has 15 heavy (non-hydrogen) atoms. The van der Waals surface area contributed by atoms with E-state index in [0.29, 0.717) is 18.8 Å². The summed E-state index contributed by atoms with van der Waals surface area (Å²) in [6.07, 6.45) is 1.41. The molecule has 0 aliphatic carbocycles. The van der Waals surface area contributed by atoms with Gasteiger partial charge in [0, 0.05) is 23.4 Å². The van der Waals surface area contributed by atoms with Crippen molar-refractivity contribution in [1.82, 2.24) is 0 Å². The van der Waals surface area contributed by atoms with Gasteiger partial charge in [-0.25, -0.2) is 0 Å². The summed E-state index contributed by atoms with van der Waals surface area (Å²) in [4.78, 5) is 11.8. The Morgan fingerprint density at radius 1 is 1.40 bits per heavy atom. The number of benzene rings is 1. The highest BCUT2D eigenvalue weighted by molar-refractivity contribution is 9.10. The lowest BCUT2D eigenvalue weighted by Gasteiger charge is -2.06. The Morgan fingerprint density at radius 3 is 2.73 bits per heavy atom. The van der Waals surface area contributed by atoms with Gasteiger partial charge in [-0.2, -0.15) is 0 Å². The van der Waals surface area contributed by atoms with E-state index in [-0.39, 0.29) is 5.92 Å². The molecule has 80 valence electrons. The monoisotopic (exact) mass is 268 g/mol. The van der Waals surface area contributed by atoms with Gasteiger partial charge in [-0.05, 0) is 24.1 Å². The molecule has 1 aromatic carbocycles. The zero-order chi connectivity index (χ0) is 10.7. The third-order valence-electron chi connectivity index (χ3n) is 2.68. The van der Waals surface area contributed by atoms with E-state index in [9.17, 15) is 4.79 Å². The lowest BCUT2D eigenvalue weighted by atomic mass is 9.97. The molecule has 0 aromatic heterocycles. The van der Waals surface area contributed by atoms with Crippen molar-refractivity contribution in [3.63, 3.8) is 0 Å². The highest BCUT2D eigenvalue weighted by Gasteiger charge is 2.23. The van der Waals surface area contributed by atoms with Crippen molar-refractivity contribution in [1.29, 1.82) is 0 Å². The molecule has 1 saturated heterocycles. The minimum Gasteiger partial charge on any atom is -0.381 e. The van der Waals surface area contributed by atoms with Crippen LogP contribution in [-0.4, -0.2) is 19.0 Å². The molecule has 3 heteroatoms. The molecule has 2 rings (SSSR count). The molecule has 0 bridgehead atoms. The molecule has 1 fully saturated rings. The van der Waals surface area contributed by atoms with E-state index in [1.54, 1.807) is 0 Å². The van der Waals surface area contributed by atoms with Crippen molar-refractivity contribution < 1.29 is 9.53 Å². The summed E-state index contributed by atoms with van der Waals surface area (Å²) >= 11 is 3.37. The van der Waals surface area contributed by atoms with E-state index in [1.165, 1.54) is 0 Å². The first-order chi connectivity index (χ1) is 7.25. The fraction of sp³-hybridized carbons (Fsp3) is 0.417. The second-order valence-electron chi connectivity index (χ2n) is 3.83. The van der Waals surface area contributed by atoms with Gasteiger partial charge in [0.2, 0.25) is 0 Å². The molecule has 0 amide bonds. The lowest BCUT2D eigenvalue weighted by Crippen LogP contribution is -2.16. The summed E-state index contributed by atoms with van der Waals surface area (Å²) in [7, 11) is 0. The third kappa shape index (κ3) is 2.89. The third-order valence-corrected chi connectivity index (χ3v) is 3.21. The molecule has 1 heterocycles. The minimum absolute atomic E-state index is 0.119. The summed E-state index contributed by atoms with van der Waals surface area (Å²) in [5, 5.41) is 0. The Balaban J connectivity index is 1.96. The molecule has 2 nitrogen and oxygen atoms in total. The first-order valence-corrected chi connectivity index (χ1v) is 5.90. The normalized spacial score (nSPS) is 20.5. The number of hydrogen-bond acceptors (Lipinski definition) is 2. The Bertz CT molecular complexity index is 339. The van der Waals surface area contributed by atoms with Crippen LogP contribution in [-0.2, 0) is 16.0 Å². The molecule has 1 aliphatic rings. The molecule has 1 aliphatic heterocycles. The SMILES string of the molecule is O=C(Cc1ccc(Br)cc1)C1CCOC1. The highest BCUT2D eigenvalue weighted by Crippen LogP contribution is 2.17. The summed E-state index contributed by atoms with van der Waals surface area (Å²) in [5.74, 6) is 0.420. The van der Waals surface area contributed by atoms with Crippen LogP contribution in [0.5, 0.6) is 0 Å². The summed E-state index contributed by atoms with van der Waals surface area (Å²) < 4.78 is 6.25. The van der Waals surface area contributed by atoms with Crippen molar-refractivity contribution in [2.45, 2.75) is 12.8 Å². The maximum Gasteiger partial charge on any atom is 0.142 e. The molecule has 0 spiro atoms. The van der Waals surface area contributed by atoms with Gasteiger partial charge in [0.25, 0.3) is 0 Å². The van der Waals surface area contributed by atoms with E-state index < -0.39 is 0 Å². The highest BCUT2D eigenvalue weighted by atomic mass is 79.9. The number of carbonyl (C=O) groups is 1. The van der Waals surface area contributed by atoms with Gasteiger partial charge in [0.05, 0.1) is 6.61 Å². The predicted molar refractivity (Wildman–Crippen MR) is 61.8 cm³/mol. The van der Waals surface area contributed by atoms with E-state index in [2.05, 4.69) is 15.9 Å². The number of hydrogen-bond donors (Lipinski definition) is 0. The summed E-state index contributed by atoms with van der Waals surface area (Å²) in [5.41, 5.74) is 1.08. The van der Waals surface area contributed by atoms with Crippen molar-refractivity contribution in [2.24, 2.45) is 5.92 Å². The van der Waals surface area contributed by atoms with Crippen LogP contribution >= 0.6 is 15.9 Å². The van der Waals surface area contributed by atoms with Crippen LogP contribution in [0.3, 0.4) is 0 Å². The average molecular weight is 269 g/mol. The number of rotatable bonds is 3. The fourth-order valence-corrected chi connectivity index (χ4v) is 2.00. The van der Waals surface area contributed by atoms with Crippen LogP contribution in [0.1, 0.15) is 12.0 Å². The van der Waals surface area contributed by atoms with Crippen LogP contribution in [0, 0.1) is 5.92 Å². The van der Waals surface area contributed by atoms with Gasteiger partial charge in [-0.15, -0.1) is 0 Å². The van der Waals surface area contributed by atoms with E-state index in [0.717, 1.165) is 23.1 Å². The molecule has 0 radical (unpaired) electrons. The van der Waals surface area contributed by atoms with Crippen molar-refractivity contribution >= 4 is 21.7 Å². The fourth-order valence-electron chi connectivity index (χ4n) is 1.74. The van der Waals surface area contributed by atoms with Crippen LogP contribution in [0.4, 0.5) is 0 Å². The molecule has 0 saturated carbocycles. The van der Waals surface area contributed by atoms with Crippen LogP contribution in [0.2, 0.25) is 0 Å². The Morgan fingerprint density at radius 2 is 2.13 bits per heavy atom. The van der Waals surface area contributed by atoms with Gasteiger partial charge in [-0.3, -0.25) is 4.79 Å². The summed E-state index contributed by atoms with van der Waals surface area (Å²) in [6, 6.07) is 7.90. The van der Waals surface area contributed by atoms with Crippen molar-refractivity contribution in [3.05, 3.63) is 34.3 Å². The van der Waals surface area contributed by atoms with Crippen molar-refractivity contribution in [3.8, 4) is 0 Å². The quantitative estimate of drug-likeness (QED) is 0.843. The molecule has 1 unspecified atom stereocenters. The Labute approximate surface area is 97.8 Å². The average Bonchev–Trinajstić information content (AvgIpc) is 2.74. The second kappa shape index (κ2) is 4.90. The number of Topliss-reactive ketones (excluding diaryl/α,β-unsaturated/α-hetero) is 1. The largest absolute Gasteiger partial charge is 0.381 e. The van der Waals surface area contributed by atoms with Crippen LogP contribution in [0.15, 0.2) is 28.7 Å². The number of ketones is 1. The van der Waals surface area contributed by atoms with Gasteiger partial charge >= 0.3 is 0 Å². The molecule has 1 atom stereocenters. The molecular weight excluding hydrogens is 256 g/mol. The zero-order valence-corrected chi connectivity index (χ0v) is 10.00. The zero-order valence-electron chi connectivity index (χ0n) is 8.41. The number of carbonyl (C=O) groups excluding carboxylic acids is 1. The number of ether oxygens (including phenoxy) is 1. The standard InChI is InChI=1S/C12H13BrO2/c13-11-3-1-9(2-4-11)7-12(14)10-5-6-15-8-10/h1-4,10H,5-8H2. The maximum atomic E-state index is 11.8. The second-order valence-corrected chi connectivity index (χ2v) is 4.75. The van der Waals surface area contributed by atoms with Gasteiger partial charge in [-0.1, -0.05) is 28.1 Å². The van der Waals surface area contributed by atoms with Gasteiger partial charge in [0.15, 0.2) is 0 Å². The Kier molecular flexibility index (Phi) is 3.54. The van der Waals surface area contributed by atoms with Gasteiger partial charge in [0.1, 0.15) is 5.78 Å². The van der Waals surface area contributed by atoms with Crippen LogP contribution < -0.4 is 0 Å². The van der Waals surface area contributed by atoms with Crippen molar-refractivity contribution in [2.75, 3.05) is 13.2 Å². The first kappa shape index (κ1) is 10.8. The molecule has 0 N–H and O–H groups in total. The Hall–Kier alpha value is -0.670. The van der Waals surface area contributed by atoms with Crippen LogP contribution in [0.25, 0.3) is 0 Å². The first-order valence-electron chi connectivity index (χ1n) is 5.10. The minimum atomic E-state index is 0.119. The molecular formula is C12H13BrO2. The molecule has 1 aromatic rings. The van der Waals surface area contributed by atoms with E-state index >= 15 is 0 Å². The number of halogens is 1. The van der Waals surface area contributed by atoms with E-state index in [4.69, 9.17) is 4.74 Å². The summed E-state index contributed by atoms with van der Waals surface area (Å²) in [6.45, 7) is 1.34. The van der Waals surface area contributed by atoms with E-state index in [1.807, 2.05) is 24.3 Å². The smallest absolute Gasteiger partial charge is 0.142 e.